The third kappa shape index (κ3) is 2.47. The highest BCUT2D eigenvalue weighted by molar-refractivity contribution is 5.64. The lowest BCUT2D eigenvalue weighted by Crippen LogP contribution is -2.28. The van der Waals surface area contributed by atoms with Crippen molar-refractivity contribution >= 4 is 0 Å². The van der Waals surface area contributed by atoms with Crippen LogP contribution in [0.15, 0.2) is 11.6 Å². The van der Waals surface area contributed by atoms with Crippen molar-refractivity contribution in [3.05, 3.63) is 33.9 Å². The van der Waals surface area contributed by atoms with E-state index in [1.807, 2.05) is 0 Å². The van der Waals surface area contributed by atoms with E-state index in [9.17, 15) is 5.11 Å². The number of ether oxygens (including phenoxy) is 1. The molecule has 0 radical (unpaired) electrons. The van der Waals surface area contributed by atoms with Crippen molar-refractivity contribution in [2.45, 2.75) is 71.6 Å². The molecule has 0 spiro atoms. The van der Waals surface area contributed by atoms with Gasteiger partial charge in [0.2, 0.25) is 0 Å². The van der Waals surface area contributed by atoms with E-state index >= 15 is 0 Å². The molecule has 1 aromatic rings. The smallest absolute Gasteiger partial charge is 0.163 e. The summed E-state index contributed by atoms with van der Waals surface area (Å²) in [7, 11) is 1.67. The highest BCUT2D eigenvalue weighted by Crippen LogP contribution is 2.57. The molecule has 0 saturated heterocycles. The van der Waals surface area contributed by atoms with Crippen molar-refractivity contribution in [1.82, 2.24) is 0 Å². The first kappa shape index (κ1) is 16.4. The number of phenols is 1. The highest BCUT2D eigenvalue weighted by Gasteiger charge is 2.40. The predicted molar refractivity (Wildman–Crippen MR) is 95.7 cm³/mol. The van der Waals surface area contributed by atoms with Crippen molar-refractivity contribution in [2.24, 2.45) is 5.92 Å². The van der Waals surface area contributed by atoms with Crippen LogP contribution < -0.4 is 4.74 Å². The Kier molecular flexibility index (Phi) is 4.20. The second-order valence-corrected chi connectivity index (χ2v) is 7.90. The predicted octanol–water partition coefficient (Wildman–Crippen LogP) is 5.78. The van der Waals surface area contributed by atoms with Gasteiger partial charge in [-0.3, -0.25) is 0 Å². The summed E-state index contributed by atoms with van der Waals surface area (Å²) in [4.78, 5) is 0. The molecule has 1 N–H and O–H groups in total. The van der Waals surface area contributed by atoms with Gasteiger partial charge in [-0.1, -0.05) is 25.5 Å². The lowest BCUT2D eigenvalue weighted by Gasteiger charge is -2.43. The lowest BCUT2D eigenvalue weighted by molar-refractivity contribution is 0.314. The molecule has 2 heteroatoms. The molecule has 0 aromatic heterocycles. The van der Waals surface area contributed by atoms with E-state index in [0.717, 1.165) is 17.5 Å². The fourth-order valence-electron chi connectivity index (χ4n) is 5.05. The first-order valence-corrected chi connectivity index (χ1v) is 8.95. The van der Waals surface area contributed by atoms with E-state index < -0.39 is 0 Å². The molecular weight excluding hydrogens is 284 g/mol. The summed E-state index contributed by atoms with van der Waals surface area (Å²) in [6.07, 6.45) is 6.01. The molecule has 4 atom stereocenters. The lowest BCUT2D eigenvalue weighted by atomic mass is 9.62. The van der Waals surface area contributed by atoms with Gasteiger partial charge in [0.25, 0.3) is 0 Å². The van der Waals surface area contributed by atoms with Gasteiger partial charge in [0.1, 0.15) is 0 Å². The van der Waals surface area contributed by atoms with Crippen LogP contribution in [-0.2, 0) is 0 Å². The first-order chi connectivity index (χ1) is 10.9. The largest absolute Gasteiger partial charge is 0.504 e. The van der Waals surface area contributed by atoms with E-state index in [0.29, 0.717) is 35.2 Å². The summed E-state index contributed by atoms with van der Waals surface area (Å²) in [6.45, 7) is 11.1. The summed E-state index contributed by atoms with van der Waals surface area (Å²) in [5.41, 5.74) is 6.55. The van der Waals surface area contributed by atoms with Gasteiger partial charge in [-0.2, -0.15) is 0 Å². The van der Waals surface area contributed by atoms with Crippen molar-refractivity contribution in [3.8, 4) is 11.5 Å². The van der Waals surface area contributed by atoms with Gasteiger partial charge in [0.05, 0.1) is 7.11 Å². The molecule has 0 saturated carbocycles. The molecule has 2 nitrogen and oxygen atoms in total. The topological polar surface area (TPSA) is 29.5 Å². The zero-order valence-electron chi connectivity index (χ0n) is 15.4. The van der Waals surface area contributed by atoms with Crippen LogP contribution in [0.5, 0.6) is 11.5 Å². The van der Waals surface area contributed by atoms with Crippen LogP contribution in [0.3, 0.4) is 0 Å². The zero-order chi connectivity index (χ0) is 16.9. The minimum absolute atomic E-state index is 0.394. The number of benzene rings is 1. The molecule has 0 heterocycles. The second-order valence-electron chi connectivity index (χ2n) is 7.90. The SMILES string of the molecule is COc1c(C)c2c3c(c1O)[C@@H](C)CCC3[C@@H](C)C[C@@H]2C=C(C)C. The van der Waals surface area contributed by atoms with E-state index in [4.69, 9.17) is 4.74 Å². The first-order valence-electron chi connectivity index (χ1n) is 8.95. The summed E-state index contributed by atoms with van der Waals surface area (Å²) in [5.74, 6) is 3.20. The van der Waals surface area contributed by atoms with Crippen LogP contribution in [0.4, 0.5) is 0 Å². The van der Waals surface area contributed by atoms with Gasteiger partial charge in [0.15, 0.2) is 11.5 Å². The van der Waals surface area contributed by atoms with Crippen molar-refractivity contribution < 1.29 is 9.84 Å². The Balaban J connectivity index is 2.35. The Hall–Kier alpha value is -1.44. The van der Waals surface area contributed by atoms with Gasteiger partial charge in [-0.15, -0.1) is 0 Å². The number of phenolic OH excluding ortho intramolecular Hbond substituents is 1. The van der Waals surface area contributed by atoms with Crippen LogP contribution in [0.1, 0.15) is 87.0 Å². The third-order valence-corrected chi connectivity index (χ3v) is 5.99. The number of hydrogen-bond donors (Lipinski definition) is 1. The van der Waals surface area contributed by atoms with E-state index in [1.54, 1.807) is 7.11 Å². The van der Waals surface area contributed by atoms with Crippen LogP contribution in [0.2, 0.25) is 0 Å². The van der Waals surface area contributed by atoms with Crippen molar-refractivity contribution in [1.29, 1.82) is 0 Å². The molecular formula is C21H30O2. The molecule has 0 fully saturated rings. The number of aromatic hydroxyl groups is 1. The fraction of sp³-hybridized carbons (Fsp3) is 0.619. The molecule has 0 amide bonds. The number of methoxy groups -OCH3 is 1. The second kappa shape index (κ2) is 5.89. The van der Waals surface area contributed by atoms with Crippen LogP contribution in [0, 0.1) is 12.8 Å². The van der Waals surface area contributed by atoms with Gasteiger partial charge >= 0.3 is 0 Å². The summed E-state index contributed by atoms with van der Waals surface area (Å²) in [6, 6.07) is 0. The van der Waals surface area contributed by atoms with Crippen LogP contribution >= 0.6 is 0 Å². The van der Waals surface area contributed by atoms with Gasteiger partial charge in [-0.05, 0) is 74.5 Å². The van der Waals surface area contributed by atoms with Gasteiger partial charge < -0.3 is 9.84 Å². The molecule has 3 rings (SSSR count). The van der Waals surface area contributed by atoms with Gasteiger partial charge in [0, 0.05) is 11.5 Å². The average Bonchev–Trinajstić information content (AvgIpc) is 2.46. The highest BCUT2D eigenvalue weighted by atomic mass is 16.5. The van der Waals surface area contributed by atoms with E-state index in [2.05, 4.69) is 40.7 Å². The molecule has 2 aliphatic carbocycles. The quantitative estimate of drug-likeness (QED) is 0.701. The van der Waals surface area contributed by atoms with Crippen LogP contribution in [0.25, 0.3) is 0 Å². The summed E-state index contributed by atoms with van der Waals surface area (Å²) < 4.78 is 5.60. The standard InChI is InChI=1S/C21H30O2/c1-11(2)9-15-10-13(4)16-8-7-12(3)17-19(16)18(15)14(5)21(23-6)20(17)22/h9,12-13,15-16,22H,7-8,10H2,1-6H3/t12-,13-,15-,16?/m0/s1. The maximum absolute atomic E-state index is 10.9. The molecule has 0 aliphatic heterocycles. The van der Waals surface area contributed by atoms with E-state index in [-0.39, 0.29) is 0 Å². The van der Waals surface area contributed by atoms with Gasteiger partial charge in [-0.25, -0.2) is 0 Å². The minimum atomic E-state index is 0.394. The fourth-order valence-corrected chi connectivity index (χ4v) is 5.05. The molecule has 0 bridgehead atoms. The summed E-state index contributed by atoms with van der Waals surface area (Å²) >= 11 is 0. The Bertz CT molecular complexity index is 653. The Morgan fingerprint density at radius 3 is 2.43 bits per heavy atom. The monoisotopic (exact) mass is 314 g/mol. The Morgan fingerprint density at radius 1 is 1.13 bits per heavy atom. The maximum atomic E-state index is 10.9. The summed E-state index contributed by atoms with van der Waals surface area (Å²) in [5, 5.41) is 10.9. The Morgan fingerprint density at radius 2 is 1.83 bits per heavy atom. The molecule has 126 valence electrons. The van der Waals surface area contributed by atoms with Crippen molar-refractivity contribution in [3.63, 3.8) is 0 Å². The minimum Gasteiger partial charge on any atom is -0.504 e. The Labute approximate surface area is 140 Å². The van der Waals surface area contributed by atoms with E-state index in [1.165, 1.54) is 29.5 Å². The normalized spacial score (nSPS) is 29.0. The maximum Gasteiger partial charge on any atom is 0.163 e. The average molecular weight is 314 g/mol. The number of allylic oxidation sites excluding steroid dienone is 2. The molecule has 1 aromatic carbocycles. The number of hydrogen-bond acceptors (Lipinski definition) is 2. The van der Waals surface area contributed by atoms with Crippen LogP contribution in [-0.4, -0.2) is 12.2 Å². The third-order valence-electron chi connectivity index (χ3n) is 5.99. The molecule has 23 heavy (non-hydrogen) atoms. The molecule has 2 aliphatic rings. The van der Waals surface area contributed by atoms with Crippen molar-refractivity contribution in [2.75, 3.05) is 7.11 Å². The number of rotatable bonds is 2. The molecule has 1 unspecified atom stereocenters. The zero-order valence-corrected chi connectivity index (χ0v) is 15.4.